The molecule has 0 nitrogen and oxygen atoms in total. The molecule has 1 rings (SSSR count). The third-order valence-electron chi connectivity index (χ3n) is 1.45. The van der Waals surface area contributed by atoms with Crippen molar-refractivity contribution in [1.29, 1.82) is 0 Å². The summed E-state index contributed by atoms with van der Waals surface area (Å²) in [5, 5.41) is 0.842. The average molecular weight is 246 g/mol. The largest absolute Gasteiger partial charge is 0.408 e. The molecular formula is C8H10BrClMg. The van der Waals surface area contributed by atoms with Gasteiger partial charge in [0, 0.05) is 5.02 Å². The Hall–Kier alpha value is 0.756. The van der Waals surface area contributed by atoms with Gasteiger partial charge in [0.15, 0.2) is 0 Å². The van der Waals surface area contributed by atoms with Crippen molar-refractivity contribution in [2.45, 2.75) is 11.5 Å². The van der Waals surface area contributed by atoms with Crippen LogP contribution >= 0.6 is 28.6 Å². The first-order chi connectivity index (χ1) is 4.83. The molecule has 0 aliphatic carbocycles. The Balaban J connectivity index is 0.000001000. The second kappa shape index (κ2) is 6.29. The fourth-order valence-corrected chi connectivity index (χ4v) is 2.21. The van der Waals surface area contributed by atoms with E-state index in [1.54, 1.807) is 0 Å². The molecule has 0 saturated carbocycles. The van der Waals surface area contributed by atoms with Crippen LogP contribution in [0.15, 0.2) is 24.3 Å². The maximum Gasteiger partial charge on any atom is 0.408 e. The van der Waals surface area contributed by atoms with Crippen LogP contribution in [0, 0.1) is 0 Å². The first kappa shape index (κ1) is 11.8. The Kier molecular flexibility index (Phi) is 6.72. The van der Waals surface area contributed by atoms with Gasteiger partial charge in [0.2, 0.25) is 0 Å². The zero-order valence-corrected chi connectivity index (χ0v) is 10.4. The highest BCUT2D eigenvalue weighted by molar-refractivity contribution is 8.93. The van der Waals surface area contributed by atoms with Gasteiger partial charge in [-0.3, -0.25) is 0 Å². The minimum Gasteiger partial charge on any atom is -0.174 e. The molecule has 0 aromatic heterocycles. The molecule has 0 aliphatic heterocycles. The van der Waals surface area contributed by atoms with Gasteiger partial charge in [0.25, 0.3) is 0 Å². The molecule has 3 heteroatoms. The highest BCUT2D eigenvalue weighted by atomic mass is 79.9. The molecule has 0 bridgehead atoms. The number of hydrogen-bond donors (Lipinski definition) is 0. The van der Waals surface area contributed by atoms with Crippen molar-refractivity contribution in [2.75, 3.05) is 0 Å². The predicted molar refractivity (Wildman–Crippen MR) is 57.6 cm³/mol. The van der Waals surface area contributed by atoms with E-state index in [2.05, 4.69) is 19.1 Å². The summed E-state index contributed by atoms with van der Waals surface area (Å²) in [6.45, 7) is 2.24. The Morgan fingerprint density at radius 1 is 1.27 bits per heavy atom. The third-order valence-corrected chi connectivity index (χ3v) is 3.25. The van der Waals surface area contributed by atoms with Gasteiger partial charge in [0.05, 0.1) is 0 Å². The molecule has 0 amide bonds. The zero-order chi connectivity index (χ0) is 7.40. The Morgan fingerprint density at radius 3 is 2.27 bits per heavy atom. The third kappa shape index (κ3) is 4.36. The minimum atomic E-state index is 0. The summed E-state index contributed by atoms with van der Waals surface area (Å²) in [5.41, 5.74) is 0. The van der Waals surface area contributed by atoms with Crippen molar-refractivity contribution in [2.24, 2.45) is 0 Å². The van der Waals surface area contributed by atoms with Crippen LogP contribution in [-0.2, 0) is 0 Å². The fraction of sp³-hybridized carbons (Fsp3) is 0.250. The lowest BCUT2D eigenvalue weighted by atomic mass is 10.4. The van der Waals surface area contributed by atoms with Gasteiger partial charge >= 0.3 is 20.4 Å². The van der Waals surface area contributed by atoms with Crippen LogP contribution in [0.5, 0.6) is 0 Å². The van der Waals surface area contributed by atoms with Crippen LogP contribution in [0.4, 0.5) is 0 Å². The number of rotatable bonds is 2. The predicted octanol–water partition coefficient (Wildman–Crippen LogP) is 2.69. The maximum atomic E-state index is 5.73. The quantitative estimate of drug-likeness (QED) is 0.703. The van der Waals surface area contributed by atoms with E-state index < -0.39 is 0 Å². The second-order valence-corrected chi connectivity index (χ2v) is 5.13. The molecule has 0 unspecified atom stereocenters. The van der Waals surface area contributed by atoms with Crippen molar-refractivity contribution in [3.8, 4) is 0 Å². The number of hydrogen-bond acceptors (Lipinski definition) is 0. The molecule has 11 heavy (non-hydrogen) atoms. The molecule has 0 N–H and O–H groups in total. The maximum absolute atomic E-state index is 5.73. The van der Waals surface area contributed by atoms with Gasteiger partial charge in [-0.2, -0.15) is 3.69 Å². The highest BCUT2D eigenvalue weighted by Gasteiger charge is 1.94. The standard InChI is InChI=1S/C6H4Cl.C2H5.BrH.Mg/c7-6-4-2-1-3-5-6;1-2;;/h2-5H;1H2,2H3;1H;. The molecule has 0 saturated heterocycles. The van der Waals surface area contributed by atoms with E-state index in [0.29, 0.717) is 0 Å². The van der Waals surface area contributed by atoms with E-state index in [1.165, 1.54) is 8.24 Å². The summed E-state index contributed by atoms with van der Waals surface area (Å²) in [6, 6.07) is 8.22. The van der Waals surface area contributed by atoms with Crippen LogP contribution < -0.4 is 3.69 Å². The first-order valence-electron chi connectivity index (χ1n) is 3.57. The van der Waals surface area contributed by atoms with Gasteiger partial charge in [-0.15, -0.1) is 21.5 Å². The molecule has 0 fully saturated rings. The van der Waals surface area contributed by atoms with E-state index in [0.717, 1.165) is 5.02 Å². The summed E-state index contributed by atoms with van der Waals surface area (Å²) >= 11 is 5.75. The van der Waals surface area contributed by atoms with E-state index >= 15 is 0 Å². The molecule has 0 spiro atoms. The molecular weight excluding hydrogens is 236 g/mol. The van der Waals surface area contributed by atoms with Gasteiger partial charge < -0.3 is 0 Å². The van der Waals surface area contributed by atoms with Crippen LogP contribution in [0.25, 0.3) is 0 Å². The topological polar surface area (TPSA) is 0 Å². The fourth-order valence-electron chi connectivity index (χ4n) is 0.940. The molecule has 0 atom stereocenters. The number of benzene rings is 1. The van der Waals surface area contributed by atoms with Crippen LogP contribution in [-0.4, -0.2) is 20.4 Å². The summed E-state index contributed by atoms with van der Waals surface area (Å²) < 4.78 is 2.84. The van der Waals surface area contributed by atoms with Crippen molar-refractivity contribution >= 4 is 52.6 Å². The normalized spacial score (nSPS) is 8.18. The molecule has 1 aromatic rings. The number of halogens is 2. The van der Waals surface area contributed by atoms with Crippen molar-refractivity contribution in [3.63, 3.8) is 0 Å². The molecule has 0 heterocycles. The van der Waals surface area contributed by atoms with E-state index in [4.69, 9.17) is 11.6 Å². The Morgan fingerprint density at radius 2 is 1.82 bits per heavy atom. The minimum absolute atomic E-state index is 0. The lowest BCUT2D eigenvalue weighted by molar-refractivity contribution is 1.46. The van der Waals surface area contributed by atoms with Crippen molar-refractivity contribution in [3.05, 3.63) is 29.3 Å². The van der Waals surface area contributed by atoms with E-state index in [9.17, 15) is 0 Å². The van der Waals surface area contributed by atoms with Gasteiger partial charge in [0.1, 0.15) is 0 Å². The smallest absolute Gasteiger partial charge is 0.174 e. The SMILES string of the molecule is Br.C[CH2][Mg][c]1ccc(Cl)cc1. The Bertz CT molecular complexity index is 198. The van der Waals surface area contributed by atoms with Crippen LogP contribution in [0.2, 0.25) is 9.57 Å². The molecule has 0 aliphatic rings. The highest BCUT2D eigenvalue weighted by Crippen LogP contribution is 2.03. The first-order valence-corrected chi connectivity index (χ1v) is 5.66. The van der Waals surface area contributed by atoms with Gasteiger partial charge in [-0.05, 0) is 12.1 Å². The summed E-state index contributed by atoms with van der Waals surface area (Å²) in [4.78, 5) is 0. The van der Waals surface area contributed by atoms with Crippen molar-refractivity contribution in [1.82, 2.24) is 0 Å². The summed E-state index contributed by atoms with van der Waals surface area (Å²) in [6.07, 6.45) is 0. The van der Waals surface area contributed by atoms with Crippen molar-refractivity contribution < 1.29 is 0 Å². The lowest BCUT2D eigenvalue weighted by Crippen LogP contribution is -2.10. The second-order valence-electron chi connectivity index (χ2n) is 2.38. The lowest BCUT2D eigenvalue weighted by Gasteiger charge is -1.94. The van der Waals surface area contributed by atoms with Gasteiger partial charge in [-0.1, -0.05) is 30.7 Å². The van der Waals surface area contributed by atoms with E-state index in [1.807, 2.05) is 12.1 Å². The molecule has 58 valence electrons. The summed E-state index contributed by atoms with van der Waals surface area (Å²) in [7, 11) is 0. The molecule has 0 radical (unpaired) electrons. The summed E-state index contributed by atoms with van der Waals surface area (Å²) in [5.74, 6) is 0. The zero-order valence-electron chi connectivity index (χ0n) is 6.51. The molecule has 1 aromatic carbocycles. The van der Waals surface area contributed by atoms with Crippen LogP contribution in [0.3, 0.4) is 0 Å². The average Bonchev–Trinajstić information content (AvgIpc) is 1.95. The van der Waals surface area contributed by atoms with Gasteiger partial charge in [-0.25, -0.2) is 0 Å². The van der Waals surface area contributed by atoms with E-state index in [-0.39, 0.29) is 37.3 Å². The van der Waals surface area contributed by atoms with Crippen LogP contribution in [0.1, 0.15) is 6.92 Å². The monoisotopic (exact) mass is 244 g/mol. The Labute approximate surface area is 92.8 Å².